The topological polar surface area (TPSA) is 106 Å². The Morgan fingerprint density at radius 3 is 2.23 bits per heavy atom. The quantitative estimate of drug-likeness (QED) is 0.251. The van der Waals surface area contributed by atoms with Crippen LogP contribution in [-0.2, 0) is 19.7 Å². The summed E-state index contributed by atoms with van der Waals surface area (Å²) in [7, 11) is 4.57. The van der Waals surface area contributed by atoms with Crippen LogP contribution in [0, 0.1) is 0 Å². The number of phenolic OH excluding ortho intramolecular Hbond substituents is 1. The Labute approximate surface area is 205 Å². The number of rotatable bonds is 8. The van der Waals surface area contributed by atoms with Crippen molar-refractivity contribution in [2.45, 2.75) is 38.6 Å². The summed E-state index contributed by atoms with van der Waals surface area (Å²) in [5, 5.41) is 21.8. The lowest BCUT2D eigenvalue weighted by Gasteiger charge is -2.26. The van der Waals surface area contributed by atoms with E-state index >= 15 is 0 Å². The van der Waals surface area contributed by atoms with E-state index in [4.69, 9.17) is 14.2 Å². The number of benzene rings is 2. The Morgan fingerprint density at radius 1 is 1.00 bits per heavy atom. The van der Waals surface area contributed by atoms with E-state index in [-0.39, 0.29) is 34.8 Å². The first-order valence-corrected chi connectivity index (χ1v) is 11.4. The number of amides is 1. The lowest BCUT2D eigenvalue weighted by Crippen LogP contribution is -2.31. The highest BCUT2D eigenvalue weighted by Crippen LogP contribution is 2.42. The largest absolute Gasteiger partial charge is 0.507 e. The maximum absolute atomic E-state index is 13.2. The molecule has 1 saturated heterocycles. The predicted molar refractivity (Wildman–Crippen MR) is 132 cm³/mol. The molecule has 2 aromatic carbocycles. The Balaban J connectivity index is 2.21. The van der Waals surface area contributed by atoms with Gasteiger partial charge in [-0.3, -0.25) is 9.59 Å². The van der Waals surface area contributed by atoms with Crippen molar-refractivity contribution in [3.8, 4) is 17.2 Å². The van der Waals surface area contributed by atoms with Crippen LogP contribution in [0.2, 0.25) is 0 Å². The third-order valence-corrected chi connectivity index (χ3v) is 6.09. The second-order valence-corrected chi connectivity index (χ2v) is 9.44. The first kappa shape index (κ1) is 26.1. The monoisotopic (exact) mass is 483 g/mol. The van der Waals surface area contributed by atoms with Crippen molar-refractivity contribution >= 4 is 17.4 Å². The molecule has 2 N–H and O–H groups in total. The van der Waals surface area contributed by atoms with Crippen molar-refractivity contribution < 1.29 is 34.0 Å². The van der Waals surface area contributed by atoms with Gasteiger partial charge in [-0.25, -0.2) is 0 Å². The van der Waals surface area contributed by atoms with Crippen LogP contribution in [0.5, 0.6) is 17.2 Å². The molecule has 1 unspecified atom stereocenters. The maximum Gasteiger partial charge on any atom is 0.295 e. The van der Waals surface area contributed by atoms with E-state index in [0.717, 1.165) is 5.56 Å². The highest BCUT2D eigenvalue weighted by Gasteiger charge is 2.46. The van der Waals surface area contributed by atoms with Gasteiger partial charge in [0.25, 0.3) is 11.7 Å². The number of hydrogen-bond donors (Lipinski definition) is 2. The van der Waals surface area contributed by atoms with Crippen LogP contribution in [-0.4, -0.2) is 61.3 Å². The van der Waals surface area contributed by atoms with Crippen molar-refractivity contribution in [2.24, 2.45) is 0 Å². The number of phenols is 1. The van der Waals surface area contributed by atoms with E-state index in [9.17, 15) is 19.8 Å². The Hall–Kier alpha value is -3.52. The van der Waals surface area contributed by atoms with Crippen LogP contribution in [0.25, 0.3) is 5.76 Å². The molecule has 1 heterocycles. The van der Waals surface area contributed by atoms with Crippen molar-refractivity contribution in [3.05, 3.63) is 58.7 Å². The number of ketones is 1. The molecule has 1 fully saturated rings. The summed E-state index contributed by atoms with van der Waals surface area (Å²) in [6.45, 7) is 6.69. The molecular weight excluding hydrogens is 450 g/mol. The second kappa shape index (κ2) is 10.4. The molecule has 8 nitrogen and oxygen atoms in total. The van der Waals surface area contributed by atoms with Crippen LogP contribution in [0.15, 0.2) is 42.0 Å². The number of hydrogen-bond acceptors (Lipinski definition) is 7. The van der Waals surface area contributed by atoms with E-state index in [0.29, 0.717) is 29.9 Å². The van der Waals surface area contributed by atoms with Gasteiger partial charge in [0.1, 0.15) is 11.5 Å². The summed E-state index contributed by atoms with van der Waals surface area (Å²) in [6, 6.07) is 8.95. The number of aromatic hydroxyl groups is 1. The zero-order valence-electron chi connectivity index (χ0n) is 21.0. The lowest BCUT2D eigenvalue weighted by atomic mass is 9.84. The van der Waals surface area contributed by atoms with Crippen LogP contribution < -0.4 is 9.47 Å². The molecule has 35 heavy (non-hydrogen) atoms. The van der Waals surface area contributed by atoms with E-state index in [1.165, 1.54) is 18.1 Å². The highest BCUT2D eigenvalue weighted by molar-refractivity contribution is 6.46. The van der Waals surface area contributed by atoms with E-state index in [2.05, 4.69) is 0 Å². The number of aliphatic hydroxyl groups excluding tert-OH is 1. The fraction of sp³-hybridized carbons (Fsp3) is 0.407. The fourth-order valence-corrected chi connectivity index (χ4v) is 4.31. The number of Topliss-reactive ketones (excluding diaryl/α,β-unsaturated/α-hetero) is 1. The Kier molecular flexibility index (Phi) is 7.75. The zero-order valence-corrected chi connectivity index (χ0v) is 21.0. The second-order valence-electron chi connectivity index (χ2n) is 9.44. The van der Waals surface area contributed by atoms with E-state index < -0.39 is 17.7 Å². The maximum atomic E-state index is 13.2. The smallest absolute Gasteiger partial charge is 0.295 e. The van der Waals surface area contributed by atoms with Gasteiger partial charge in [0.15, 0.2) is 11.5 Å². The first-order chi connectivity index (χ1) is 16.5. The molecule has 1 atom stereocenters. The number of ether oxygens (including phenoxy) is 3. The van der Waals surface area contributed by atoms with Gasteiger partial charge < -0.3 is 29.3 Å². The third-order valence-electron chi connectivity index (χ3n) is 6.09. The van der Waals surface area contributed by atoms with Crippen molar-refractivity contribution in [3.63, 3.8) is 0 Å². The molecule has 188 valence electrons. The minimum absolute atomic E-state index is 0.0398. The fourth-order valence-electron chi connectivity index (χ4n) is 4.31. The zero-order chi connectivity index (χ0) is 25.9. The number of aliphatic hydroxyl groups is 1. The van der Waals surface area contributed by atoms with Crippen LogP contribution in [0.1, 0.15) is 49.9 Å². The standard InChI is InChI=1S/C27H33NO7/c1-27(2,3)18-14-17(9-10-20(18)34-5)24(30)22-23(16-8-11-21(35-6)19(29)15-16)28(12-7-13-33-4)26(32)25(22)31/h8-11,14-15,23,29-30H,7,12-13H2,1-6H3/b24-22-. The minimum Gasteiger partial charge on any atom is -0.507 e. The summed E-state index contributed by atoms with van der Waals surface area (Å²) < 4.78 is 15.7. The molecule has 3 rings (SSSR count). The van der Waals surface area contributed by atoms with Gasteiger partial charge in [-0.15, -0.1) is 0 Å². The summed E-state index contributed by atoms with van der Waals surface area (Å²) in [5.41, 5.74) is 1.38. The summed E-state index contributed by atoms with van der Waals surface area (Å²) >= 11 is 0. The average Bonchev–Trinajstić information content (AvgIpc) is 3.07. The summed E-state index contributed by atoms with van der Waals surface area (Å²) in [4.78, 5) is 27.7. The normalized spacial score (nSPS) is 17.7. The van der Waals surface area contributed by atoms with Gasteiger partial charge in [0.2, 0.25) is 0 Å². The lowest BCUT2D eigenvalue weighted by molar-refractivity contribution is -0.140. The average molecular weight is 484 g/mol. The van der Waals surface area contributed by atoms with Gasteiger partial charge in [-0.2, -0.15) is 0 Å². The summed E-state index contributed by atoms with van der Waals surface area (Å²) in [6.07, 6.45) is 0.499. The van der Waals surface area contributed by atoms with Crippen molar-refractivity contribution in [2.75, 3.05) is 34.5 Å². The highest BCUT2D eigenvalue weighted by atomic mass is 16.5. The molecule has 0 aliphatic carbocycles. The minimum atomic E-state index is -0.885. The number of methoxy groups -OCH3 is 3. The summed E-state index contributed by atoms with van der Waals surface area (Å²) in [5.74, 6) is -1.00. The van der Waals surface area contributed by atoms with Crippen LogP contribution >= 0.6 is 0 Å². The number of likely N-dealkylation sites (tertiary alicyclic amines) is 1. The van der Waals surface area contributed by atoms with Crippen LogP contribution in [0.4, 0.5) is 0 Å². The molecule has 0 aromatic heterocycles. The molecule has 0 saturated carbocycles. The molecule has 0 spiro atoms. The van der Waals surface area contributed by atoms with Gasteiger partial charge >= 0.3 is 0 Å². The third kappa shape index (κ3) is 5.12. The first-order valence-electron chi connectivity index (χ1n) is 11.4. The van der Waals surface area contributed by atoms with Gasteiger partial charge in [0, 0.05) is 31.4 Å². The van der Waals surface area contributed by atoms with E-state index in [1.807, 2.05) is 20.8 Å². The number of nitrogens with zero attached hydrogens (tertiary/aromatic N) is 1. The Bertz CT molecular complexity index is 1150. The molecule has 1 aliphatic rings. The van der Waals surface area contributed by atoms with Gasteiger partial charge in [0.05, 0.1) is 25.8 Å². The van der Waals surface area contributed by atoms with Crippen LogP contribution in [0.3, 0.4) is 0 Å². The molecule has 1 aliphatic heterocycles. The number of carbonyl (C=O) groups excluding carboxylic acids is 2. The Morgan fingerprint density at radius 2 is 1.66 bits per heavy atom. The molecule has 0 bridgehead atoms. The molecule has 8 heteroatoms. The van der Waals surface area contributed by atoms with Crippen molar-refractivity contribution in [1.29, 1.82) is 0 Å². The molecule has 0 radical (unpaired) electrons. The molecule has 1 amide bonds. The van der Waals surface area contributed by atoms with E-state index in [1.54, 1.807) is 44.6 Å². The predicted octanol–water partition coefficient (Wildman–Crippen LogP) is 4.17. The molecule has 2 aromatic rings. The SMILES string of the molecule is COCCCN1C(=O)C(=O)/C(=C(\O)c2ccc(OC)c(C(C)(C)C)c2)C1c1ccc(OC)c(O)c1. The van der Waals surface area contributed by atoms with Crippen molar-refractivity contribution in [1.82, 2.24) is 4.90 Å². The molecular formula is C27H33NO7. The van der Waals surface area contributed by atoms with Gasteiger partial charge in [-0.05, 0) is 47.7 Å². The number of carbonyl (C=O) groups is 2. The van der Waals surface area contributed by atoms with Gasteiger partial charge in [-0.1, -0.05) is 26.8 Å².